The number of halogens is 1. The fourth-order valence-electron chi connectivity index (χ4n) is 0.950. The molecule has 12 heavy (non-hydrogen) atoms. The molecule has 0 aliphatic carbocycles. The van der Waals surface area contributed by atoms with Crippen LogP contribution in [0.1, 0.15) is 20.8 Å². The predicted octanol–water partition coefficient (Wildman–Crippen LogP) is 1.00. The predicted molar refractivity (Wildman–Crippen MR) is 50.0 cm³/mol. The smallest absolute Gasteiger partial charge is 0.191 e. The molecule has 0 saturated carbocycles. The first kappa shape index (κ1) is 11.2. The van der Waals surface area contributed by atoms with Gasteiger partial charge in [0.25, 0.3) is 0 Å². The number of nitrogens with zero attached hydrogens (tertiary/aromatic N) is 2. The summed E-state index contributed by atoms with van der Waals surface area (Å²) in [5.41, 5.74) is 5.60. The molecular weight excluding hydrogens is 157 g/mol. The van der Waals surface area contributed by atoms with E-state index in [1.807, 2.05) is 13.8 Å². The molecular formula is C8H18FN3. The van der Waals surface area contributed by atoms with Crippen LogP contribution in [0, 0.1) is 0 Å². The number of hydrogen-bond acceptors (Lipinski definition) is 1. The lowest BCUT2D eigenvalue weighted by atomic mass is 10.4. The SMILES string of the molecule is CCN=C(N)N(CC)CC(C)F. The molecule has 0 aliphatic heterocycles. The first-order valence-electron chi connectivity index (χ1n) is 4.30. The highest BCUT2D eigenvalue weighted by atomic mass is 19.1. The van der Waals surface area contributed by atoms with Crippen molar-refractivity contribution in [2.45, 2.75) is 26.9 Å². The molecule has 0 radical (unpaired) electrons. The lowest BCUT2D eigenvalue weighted by Crippen LogP contribution is -2.40. The number of guanidine groups is 1. The van der Waals surface area contributed by atoms with Crippen molar-refractivity contribution in [2.75, 3.05) is 19.6 Å². The first-order chi connectivity index (χ1) is 5.61. The van der Waals surface area contributed by atoms with E-state index in [-0.39, 0.29) is 0 Å². The van der Waals surface area contributed by atoms with Crippen LogP contribution in [0.25, 0.3) is 0 Å². The topological polar surface area (TPSA) is 41.6 Å². The van der Waals surface area contributed by atoms with Gasteiger partial charge in [-0.15, -0.1) is 0 Å². The van der Waals surface area contributed by atoms with Crippen LogP contribution < -0.4 is 5.73 Å². The van der Waals surface area contributed by atoms with E-state index in [9.17, 15) is 4.39 Å². The molecule has 1 atom stereocenters. The van der Waals surface area contributed by atoms with Gasteiger partial charge in [-0.05, 0) is 20.8 Å². The molecule has 3 nitrogen and oxygen atoms in total. The van der Waals surface area contributed by atoms with Crippen molar-refractivity contribution in [3.63, 3.8) is 0 Å². The van der Waals surface area contributed by atoms with Crippen LogP contribution in [-0.2, 0) is 0 Å². The molecule has 0 aromatic heterocycles. The Morgan fingerprint density at radius 2 is 2.17 bits per heavy atom. The van der Waals surface area contributed by atoms with Crippen molar-refractivity contribution in [1.29, 1.82) is 0 Å². The molecule has 0 heterocycles. The normalized spacial score (nSPS) is 14.5. The van der Waals surface area contributed by atoms with Crippen molar-refractivity contribution >= 4 is 5.96 Å². The maximum absolute atomic E-state index is 12.6. The van der Waals surface area contributed by atoms with Crippen molar-refractivity contribution in [3.8, 4) is 0 Å². The summed E-state index contributed by atoms with van der Waals surface area (Å²) in [6, 6.07) is 0. The van der Waals surface area contributed by atoms with Crippen LogP contribution in [0.5, 0.6) is 0 Å². The Kier molecular flexibility index (Phi) is 5.41. The van der Waals surface area contributed by atoms with Crippen LogP contribution in [0.3, 0.4) is 0 Å². The van der Waals surface area contributed by atoms with Gasteiger partial charge in [0.15, 0.2) is 5.96 Å². The highest BCUT2D eigenvalue weighted by Crippen LogP contribution is 1.95. The van der Waals surface area contributed by atoms with E-state index < -0.39 is 6.17 Å². The van der Waals surface area contributed by atoms with Gasteiger partial charge >= 0.3 is 0 Å². The van der Waals surface area contributed by atoms with Crippen LogP contribution in [-0.4, -0.2) is 36.7 Å². The zero-order valence-electron chi connectivity index (χ0n) is 8.05. The average molecular weight is 175 g/mol. The third-order valence-corrected chi connectivity index (χ3v) is 1.50. The van der Waals surface area contributed by atoms with Crippen molar-refractivity contribution in [3.05, 3.63) is 0 Å². The molecule has 0 amide bonds. The summed E-state index contributed by atoms with van der Waals surface area (Å²) in [5, 5.41) is 0. The van der Waals surface area contributed by atoms with Crippen LogP contribution >= 0.6 is 0 Å². The molecule has 0 bridgehead atoms. The van der Waals surface area contributed by atoms with Gasteiger partial charge in [-0.3, -0.25) is 4.99 Å². The second kappa shape index (κ2) is 5.80. The van der Waals surface area contributed by atoms with E-state index in [0.29, 0.717) is 25.6 Å². The third-order valence-electron chi connectivity index (χ3n) is 1.50. The van der Waals surface area contributed by atoms with Gasteiger partial charge in [0.2, 0.25) is 0 Å². The van der Waals surface area contributed by atoms with Gasteiger partial charge in [-0.2, -0.15) is 0 Å². The minimum Gasteiger partial charge on any atom is -0.370 e. The average Bonchev–Trinajstić information content (AvgIpc) is 2.00. The third kappa shape index (κ3) is 4.16. The minimum atomic E-state index is -0.865. The maximum Gasteiger partial charge on any atom is 0.191 e. The molecule has 0 fully saturated rings. The highest BCUT2D eigenvalue weighted by molar-refractivity contribution is 5.78. The molecule has 0 rings (SSSR count). The van der Waals surface area contributed by atoms with E-state index in [1.165, 1.54) is 6.92 Å². The molecule has 0 spiro atoms. The number of nitrogens with two attached hydrogens (primary N) is 1. The standard InChI is InChI=1S/C8H18FN3/c1-4-11-8(10)12(5-2)6-7(3)9/h7H,4-6H2,1-3H3,(H2,10,11). The van der Waals surface area contributed by atoms with Gasteiger partial charge in [0, 0.05) is 13.1 Å². The quantitative estimate of drug-likeness (QED) is 0.511. The Hall–Kier alpha value is -0.800. The largest absolute Gasteiger partial charge is 0.370 e. The zero-order chi connectivity index (χ0) is 9.56. The van der Waals surface area contributed by atoms with Gasteiger partial charge in [0.05, 0.1) is 6.54 Å². The van der Waals surface area contributed by atoms with Crippen LogP contribution in [0.4, 0.5) is 4.39 Å². The Morgan fingerprint density at radius 3 is 2.50 bits per heavy atom. The number of rotatable bonds is 4. The molecule has 2 N–H and O–H groups in total. The van der Waals surface area contributed by atoms with E-state index in [0.717, 1.165) is 0 Å². The van der Waals surface area contributed by atoms with Crippen molar-refractivity contribution in [2.24, 2.45) is 10.7 Å². The minimum absolute atomic E-state index is 0.325. The summed E-state index contributed by atoms with van der Waals surface area (Å²) in [6.45, 7) is 7.01. The molecule has 0 aromatic rings. The summed E-state index contributed by atoms with van der Waals surface area (Å²) in [7, 11) is 0. The maximum atomic E-state index is 12.6. The first-order valence-corrected chi connectivity index (χ1v) is 4.30. The van der Waals surface area contributed by atoms with Gasteiger partial charge in [-0.25, -0.2) is 4.39 Å². The van der Waals surface area contributed by atoms with E-state index >= 15 is 0 Å². The lowest BCUT2D eigenvalue weighted by Gasteiger charge is -2.22. The van der Waals surface area contributed by atoms with Crippen molar-refractivity contribution in [1.82, 2.24) is 4.90 Å². The summed E-state index contributed by atoms with van der Waals surface area (Å²) in [4.78, 5) is 5.73. The number of aliphatic imine (C=N–C) groups is 1. The molecule has 0 aliphatic rings. The van der Waals surface area contributed by atoms with Crippen LogP contribution in [0.2, 0.25) is 0 Å². The van der Waals surface area contributed by atoms with E-state index in [4.69, 9.17) is 5.73 Å². The molecule has 1 unspecified atom stereocenters. The second-order valence-corrected chi connectivity index (χ2v) is 2.65. The second-order valence-electron chi connectivity index (χ2n) is 2.65. The summed E-state index contributed by atoms with van der Waals surface area (Å²) in [5.74, 6) is 0.435. The van der Waals surface area contributed by atoms with Gasteiger partial charge < -0.3 is 10.6 Å². The van der Waals surface area contributed by atoms with E-state index in [1.54, 1.807) is 4.90 Å². The molecule has 4 heteroatoms. The summed E-state index contributed by atoms with van der Waals surface area (Å²) >= 11 is 0. The fraction of sp³-hybridized carbons (Fsp3) is 0.875. The summed E-state index contributed by atoms with van der Waals surface area (Å²) in [6.07, 6.45) is -0.865. The van der Waals surface area contributed by atoms with E-state index in [2.05, 4.69) is 4.99 Å². The Labute approximate surface area is 73.5 Å². The molecule has 0 saturated heterocycles. The number of alkyl halides is 1. The van der Waals surface area contributed by atoms with Crippen molar-refractivity contribution < 1.29 is 4.39 Å². The van der Waals surface area contributed by atoms with Gasteiger partial charge in [-0.1, -0.05) is 0 Å². The number of hydrogen-bond donors (Lipinski definition) is 1. The Balaban J connectivity index is 4.05. The lowest BCUT2D eigenvalue weighted by molar-refractivity contribution is 0.278. The Morgan fingerprint density at radius 1 is 1.58 bits per heavy atom. The molecule has 0 aromatic carbocycles. The van der Waals surface area contributed by atoms with Crippen LogP contribution in [0.15, 0.2) is 4.99 Å². The molecule has 72 valence electrons. The Bertz CT molecular complexity index is 145. The van der Waals surface area contributed by atoms with Gasteiger partial charge in [0.1, 0.15) is 6.17 Å². The fourth-order valence-corrected chi connectivity index (χ4v) is 0.950. The zero-order valence-corrected chi connectivity index (χ0v) is 8.05. The summed E-state index contributed by atoms with van der Waals surface area (Å²) < 4.78 is 12.6. The monoisotopic (exact) mass is 175 g/mol. The highest BCUT2D eigenvalue weighted by Gasteiger charge is 2.08.